The van der Waals surface area contributed by atoms with Crippen molar-refractivity contribution in [3.8, 4) is 0 Å². The minimum Gasteiger partial charge on any atom is -0.342 e. The smallest absolute Gasteiger partial charge is 0.342 e. The summed E-state index contributed by atoms with van der Waals surface area (Å²) < 4.78 is 62.1. The van der Waals surface area contributed by atoms with Gasteiger partial charge >= 0.3 is 12.1 Å². The maximum atomic E-state index is 13.2. The van der Waals surface area contributed by atoms with Gasteiger partial charge in [0.05, 0.1) is 6.04 Å². The number of rotatable bonds is 2. The molecule has 1 atom stereocenters. The van der Waals surface area contributed by atoms with E-state index in [2.05, 4.69) is 0 Å². The minimum absolute atomic E-state index is 0.606. The second-order valence-corrected chi connectivity index (χ2v) is 3.33. The Hall–Kier alpha value is -1.66. The molecule has 1 aromatic rings. The molecule has 94 valence electrons. The van der Waals surface area contributed by atoms with Crippen molar-refractivity contribution in [3.05, 3.63) is 35.4 Å². The topological polar surface area (TPSA) is 29.1 Å². The van der Waals surface area contributed by atoms with Crippen LogP contribution in [0.4, 0.5) is 22.0 Å². The molecule has 0 aliphatic rings. The normalized spacial score (nSPS) is 13.3. The van der Waals surface area contributed by atoms with Gasteiger partial charge in [0.1, 0.15) is 11.6 Å². The minimum atomic E-state index is -5.09. The highest BCUT2D eigenvalue weighted by Crippen LogP contribution is 2.22. The first kappa shape index (κ1) is 13.4. The van der Waals surface area contributed by atoms with Crippen LogP contribution in [0.1, 0.15) is 18.5 Å². The summed E-state index contributed by atoms with van der Waals surface area (Å²) in [5.41, 5.74) is -0.606. The van der Waals surface area contributed by atoms with Crippen molar-refractivity contribution >= 4 is 5.91 Å². The van der Waals surface area contributed by atoms with Gasteiger partial charge in [-0.05, 0) is 19.1 Å². The van der Waals surface area contributed by atoms with Gasteiger partial charge in [-0.3, -0.25) is 4.79 Å². The second-order valence-electron chi connectivity index (χ2n) is 3.33. The van der Waals surface area contributed by atoms with Crippen LogP contribution in [0, 0.1) is 11.6 Å². The SMILES string of the molecule is CC(NC(=O)C(F)(F)F)c1c(F)cccc1F. The molecule has 1 amide bonds. The van der Waals surface area contributed by atoms with Crippen LogP contribution in [0.5, 0.6) is 0 Å². The molecular formula is C10H8F5NO. The van der Waals surface area contributed by atoms with Gasteiger partial charge in [-0.25, -0.2) is 8.78 Å². The average molecular weight is 253 g/mol. The zero-order chi connectivity index (χ0) is 13.2. The summed E-state index contributed by atoms with van der Waals surface area (Å²) in [7, 11) is 0. The largest absolute Gasteiger partial charge is 0.471 e. The Kier molecular flexibility index (Phi) is 3.69. The summed E-state index contributed by atoms with van der Waals surface area (Å²) in [6.07, 6.45) is -5.09. The number of nitrogens with one attached hydrogen (secondary N) is 1. The molecule has 0 bridgehead atoms. The van der Waals surface area contributed by atoms with E-state index in [1.54, 1.807) is 0 Å². The van der Waals surface area contributed by atoms with Crippen LogP contribution in [0.3, 0.4) is 0 Å². The third-order valence-corrected chi connectivity index (χ3v) is 2.04. The molecule has 1 N–H and O–H groups in total. The van der Waals surface area contributed by atoms with Crippen molar-refractivity contribution in [2.24, 2.45) is 0 Å². The fraction of sp³-hybridized carbons (Fsp3) is 0.300. The summed E-state index contributed by atoms with van der Waals surface area (Å²) in [4.78, 5) is 10.6. The van der Waals surface area contributed by atoms with Crippen molar-refractivity contribution in [2.75, 3.05) is 0 Å². The van der Waals surface area contributed by atoms with E-state index in [1.807, 2.05) is 0 Å². The molecule has 1 unspecified atom stereocenters. The lowest BCUT2D eigenvalue weighted by molar-refractivity contribution is -0.174. The Bertz CT molecular complexity index is 409. The fourth-order valence-electron chi connectivity index (χ4n) is 1.28. The van der Waals surface area contributed by atoms with Crippen LogP contribution in [-0.2, 0) is 4.79 Å². The van der Waals surface area contributed by atoms with E-state index < -0.39 is 35.3 Å². The maximum absolute atomic E-state index is 13.2. The van der Waals surface area contributed by atoms with E-state index in [1.165, 1.54) is 5.32 Å². The van der Waals surface area contributed by atoms with E-state index >= 15 is 0 Å². The summed E-state index contributed by atoms with van der Waals surface area (Å²) >= 11 is 0. The monoisotopic (exact) mass is 253 g/mol. The zero-order valence-electron chi connectivity index (χ0n) is 8.61. The van der Waals surface area contributed by atoms with Crippen LogP contribution in [0.15, 0.2) is 18.2 Å². The first-order chi connectivity index (χ1) is 7.73. The van der Waals surface area contributed by atoms with Gasteiger partial charge in [-0.15, -0.1) is 0 Å². The third kappa shape index (κ3) is 3.15. The van der Waals surface area contributed by atoms with Crippen LogP contribution in [0.25, 0.3) is 0 Å². The number of hydrogen-bond acceptors (Lipinski definition) is 1. The fourth-order valence-corrected chi connectivity index (χ4v) is 1.28. The first-order valence-corrected chi connectivity index (χ1v) is 4.55. The number of benzene rings is 1. The Labute approximate surface area is 93.4 Å². The van der Waals surface area contributed by atoms with Crippen molar-refractivity contribution in [1.29, 1.82) is 0 Å². The molecule has 0 aliphatic carbocycles. The quantitative estimate of drug-likeness (QED) is 0.807. The van der Waals surface area contributed by atoms with E-state index in [0.29, 0.717) is 0 Å². The summed E-state index contributed by atoms with van der Waals surface area (Å²) in [5, 5.41) is 1.47. The molecule has 2 nitrogen and oxygen atoms in total. The predicted octanol–water partition coefficient (Wildman–Crippen LogP) is 2.70. The Morgan fingerprint density at radius 3 is 2.12 bits per heavy atom. The molecule has 0 spiro atoms. The van der Waals surface area contributed by atoms with E-state index in [9.17, 15) is 26.7 Å². The van der Waals surface area contributed by atoms with E-state index in [0.717, 1.165) is 25.1 Å². The molecule has 0 saturated carbocycles. The van der Waals surface area contributed by atoms with Crippen molar-refractivity contribution in [3.63, 3.8) is 0 Å². The second kappa shape index (κ2) is 4.68. The number of carbonyl (C=O) groups is 1. The van der Waals surface area contributed by atoms with Gasteiger partial charge in [-0.1, -0.05) is 6.07 Å². The van der Waals surface area contributed by atoms with Gasteiger partial charge in [-0.2, -0.15) is 13.2 Å². The van der Waals surface area contributed by atoms with Gasteiger partial charge in [0.15, 0.2) is 0 Å². The van der Waals surface area contributed by atoms with E-state index in [4.69, 9.17) is 0 Å². The average Bonchev–Trinajstić information content (AvgIpc) is 2.15. The Morgan fingerprint density at radius 1 is 1.24 bits per heavy atom. The highest BCUT2D eigenvalue weighted by molar-refractivity contribution is 5.82. The number of amides is 1. The van der Waals surface area contributed by atoms with Crippen LogP contribution < -0.4 is 5.32 Å². The molecular weight excluding hydrogens is 245 g/mol. The number of hydrogen-bond donors (Lipinski definition) is 1. The number of alkyl halides is 3. The molecule has 0 aliphatic heterocycles. The van der Waals surface area contributed by atoms with E-state index in [-0.39, 0.29) is 0 Å². The van der Waals surface area contributed by atoms with Crippen molar-refractivity contribution in [1.82, 2.24) is 5.32 Å². The molecule has 17 heavy (non-hydrogen) atoms. The molecule has 1 rings (SSSR count). The highest BCUT2D eigenvalue weighted by Gasteiger charge is 2.39. The maximum Gasteiger partial charge on any atom is 0.471 e. The lowest BCUT2D eigenvalue weighted by atomic mass is 10.1. The summed E-state index contributed by atoms with van der Waals surface area (Å²) in [6, 6.07) is 1.46. The third-order valence-electron chi connectivity index (χ3n) is 2.04. The Morgan fingerprint density at radius 2 is 1.71 bits per heavy atom. The molecule has 0 fully saturated rings. The molecule has 7 heteroatoms. The predicted molar refractivity (Wildman–Crippen MR) is 49.0 cm³/mol. The molecule has 0 saturated heterocycles. The van der Waals surface area contributed by atoms with Gasteiger partial charge in [0, 0.05) is 5.56 Å². The van der Waals surface area contributed by atoms with Crippen molar-refractivity contribution in [2.45, 2.75) is 19.1 Å². The van der Waals surface area contributed by atoms with Gasteiger partial charge in [0.2, 0.25) is 0 Å². The van der Waals surface area contributed by atoms with Gasteiger partial charge < -0.3 is 5.32 Å². The van der Waals surface area contributed by atoms with Crippen molar-refractivity contribution < 1.29 is 26.7 Å². The van der Waals surface area contributed by atoms with Crippen LogP contribution in [0.2, 0.25) is 0 Å². The zero-order valence-corrected chi connectivity index (χ0v) is 8.61. The summed E-state index contributed by atoms with van der Waals surface area (Å²) in [5.74, 6) is -4.27. The highest BCUT2D eigenvalue weighted by atomic mass is 19.4. The van der Waals surface area contributed by atoms with Crippen LogP contribution in [-0.4, -0.2) is 12.1 Å². The van der Waals surface area contributed by atoms with Crippen LogP contribution >= 0.6 is 0 Å². The number of carbonyl (C=O) groups excluding carboxylic acids is 1. The molecule has 1 aromatic carbocycles. The molecule has 0 aromatic heterocycles. The first-order valence-electron chi connectivity index (χ1n) is 4.55. The van der Waals surface area contributed by atoms with Gasteiger partial charge in [0.25, 0.3) is 0 Å². The Balaban J connectivity index is 2.91. The molecule has 0 radical (unpaired) electrons. The summed E-state index contributed by atoms with van der Waals surface area (Å²) in [6.45, 7) is 1.06. The lowest BCUT2D eigenvalue weighted by Gasteiger charge is -2.16. The molecule has 0 heterocycles. The standard InChI is InChI=1S/C10H8F5NO/c1-5(16-9(17)10(13,14)15)8-6(11)3-2-4-7(8)12/h2-5H,1H3,(H,16,17). The lowest BCUT2D eigenvalue weighted by Crippen LogP contribution is -2.38. The number of halogens is 5.